The fourth-order valence-electron chi connectivity index (χ4n) is 4.26. The Labute approximate surface area is 162 Å². The lowest BCUT2D eigenvalue weighted by Crippen LogP contribution is -2.57. The summed E-state index contributed by atoms with van der Waals surface area (Å²) in [5.41, 5.74) is 1.04. The predicted octanol–water partition coefficient (Wildman–Crippen LogP) is 2.85. The molecular weight excluding hydrogens is 352 g/mol. The number of benzene rings is 3. The number of fused-ring (bicyclic) bond motifs is 5. The maximum Gasteiger partial charge on any atom is 0.261 e. The topological polar surface area (TPSA) is 69.6 Å². The molecule has 2 heterocycles. The van der Waals surface area contributed by atoms with Gasteiger partial charge < -0.3 is 10.4 Å². The number of rotatable bonds is 2. The second-order valence-electron chi connectivity index (χ2n) is 7.15. The number of carbonyl (C=O) groups excluding carboxylic acids is 2. The summed E-state index contributed by atoms with van der Waals surface area (Å²) < 4.78 is 0. The largest absolute Gasteiger partial charge is 0.365 e. The Kier molecular flexibility index (Phi) is 3.60. The first-order chi connectivity index (χ1) is 13.6. The van der Waals surface area contributed by atoms with Crippen LogP contribution in [0.1, 0.15) is 31.8 Å². The average Bonchev–Trinajstić information content (AvgIpc) is 2.91. The molecule has 0 fully saturated rings. The van der Waals surface area contributed by atoms with Crippen molar-refractivity contribution in [2.75, 3.05) is 4.90 Å². The molecule has 28 heavy (non-hydrogen) atoms. The van der Waals surface area contributed by atoms with Gasteiger partial charge in [-0.3, -0.25) is 14.5 Å². The summed E-state index contributed by atoms with van der Waals surface area (Å²) >= 11 is 0. The van der Waals surface area contributed by atoms with Crippen LogP contribution in [0, 0.1) is 0 Å². The first-order valence-corrected chi connectivity index (χ1v) is 9.21. The highest BCUT2D eigenvalue weighted by atomic mass is 16.3. The summed E-state index contributed by atoms with van der Waals surface area (Å²) in [6.07, 6.45) is 0.384. The van der Waals surface area contributed by atoms with E-state index in [1.54, 1.807) is 48.5 Å². The molecule has 0 aromatic heterocycles. The number of aliphatic hydroxyl groups is 1. The minimum atomic E-state index is -1.67. The van der Waals surface area contributed by atoms with Gasteiger partial charge in [0.05, 0.1) is 17.3 Å². The van der Waals surface area contributed by atoms with Gasteiger partial charge in [-0.1, -0.05) is 60.7 Å². The molecule has 0 radical (unpaired) electrons. The highest BCUT2D eigenvalue weighted by Gasteiger charge is 2.56. The molecule has 2 aliphatic rings. The van der Waals surface area contributed by atoms with Gasteiger partial charge in [0.15, 0.2) is 5.72 Å². The quantitative estimate of drug-likeness (QED) is 0.729. The molecule has 2 N–H and O–H groups in total. The van der Waals surface area contributed by atoms with Crippen LogP contribution < -0.4 is 10.2 Å². The maximum absolute atomic E-state index is 13.3. The Morgan fingerprint density at radius 1 is 0.857 bits per heavy atom. The highest BCUT2D eigenvalue weighted by Crippen LogP contribution is 2.46. The number of nitrogens with one attached hydrogen (secondary N) is 1. The summed E-state index contributed by atoms with van der Waals surface area (Å²) in [6, 6.07) is 22.9. The number of carbonyl (C=O) groups is 2. The summed E-state index contributed by atoms with van der Waals surface area (Å²) in [6.45, 7) is 0. The second kappa shape index (κ2) is 6.04. The Bertz CT molecular complexity index is 1100. The Morgan fingerprint density at radius 2 is 1.50 bits per heavy atom. The highest BCUT2D eigenvalue weighted by molar-refractivity contribution is 6.15. The van der Waals surface area contributed by atoms with Crippen LogP contribution in [0.25, 0.3) is 0 Å². The van der Waals surface area contributed by atoms with E-state index in [4.69, 9.17) is 0 Å². The Morgan fingerprint density at radius 3 is 2.29 bits per heavy atom. The monoisotopic (exact) mass is 370 g/mol. The van der Waals surface area contributed by atoms with Crippen molar-refractivity contribution in [1.82, 2.24) is 5.32 Å². The van der Waals surface area contributed by atoms with Crippen molar-refractivity contribution >= 4 is 17.5 Å². The van der Waals surface area contributed by atoms with E-state index in [-0.39, 0.29) is 11.8 Å². The predicted molar refractivity (Wildman–Crippen MR) is 105 cm³/mol. The van der Waals surface area contributed by atoms with Crippen molar-refractivity contribution in [3.8, 4) is 0 Å². The standard InChI is InChI=1S/C23H18N2O3/c26-21-17-11-5-7-13-19(17)25-22(27)16-10-4-6-12-18(16)23(25,28)20(24-21)14-15-8-2-1-3-9-15/h1-13,20,28H,14H2,(H,24,26)/t20-,23-/m0/s1. The molecule has 138 valence electrons. The first kappa shape index (κ1) is 16.7. The molecule has 3 aromatic carbocycles. The Hall–Kier alpha value is -3.44. The summed E-state index contributed by atoms with van der Waals surface area (Å²) in [4.78, 5) is 27.6. The van der Waals surface area contributed by atoms with Crippen LogP contribution in [0.5, 0.6) is 0 Å². The lowest BCUT2D eigenvalue weighted by molar-refractivity contribution is 0.00566. The van der Waals surface area contributed by atoms with Crippen molar-refractivity contribution in [2.24, 2.45) is 0 Å². The van der Waals surface area contributed by atoms with Crippen molar-refractivity contribution in [3.63, 3.8) is 0 Å². The lowest BCUT2D eigenvalue weighted by Gasteiger charge is -2.39. The van der Waals surface area contributed by atoms with Crippen LogP contribution in [-0.4, -0.2) is 23.0 Å². The van der Waals surface area contributed by atoms with Gasteiger partial charge >= 0.3 is 0 Å². The van der Waals surface area contributed by atoms with Crippen LogP contribution >= 0.6 is 0 Å². The van der Waals surface area contributed by atoms with E-state index >= 15 is 0 Å². The zero-order valence-corrected chi connectivity index (χ0v) is 15.0. The molecule has 0 bridgehead atoms. The van der Waals surface area contributed by atoms with E-state index < -0.39 is 11.8 Å². The van der Waals surface area contributed by atoms with Gasteiger partial charge in [-0.05, 0) is 30.2 Å². The molecule has 0 unspecified atom stereocenters. The van der Waals surface area contributed by atoms with Gasteiger partial charge in [0.25, 0.3) is 11.8 Å². The molecular formula is C23H18N2O3. The third-order valence-electron chi connectivity index (χ3n) is 5.56. The molecule has 5 nitrogen and oxygen atoms in total. The summed E-state index contributed by atoms with van der Waals surface area (Å²) in [7, 11) is 0. The molecule has 5 rings (SSSR count). The molecule has 2 atom stereocenters. The van der Waals surface area contributed by atoms with Gasteiger partial charge in [0, 0.05) is 11.1 Å². The third kappa shape index (κ3) is 2.23. The molecule has 2 aliphatic heterocycles. The fourth-order valence-corrected chi connectivity index (χ4v) is 4.26. The normalized spacial score (nSPS) is 22.8. The lowest BCUT2D eigenvalue weighted by atomic mass is 9.89. The van der Waals surface area contributed by atoms with Gasteiger partial charge in [-0.15, -0.1) is 0 Å². The van der Waals surface area contributed by atoms with Crippen LogP contribution in [0.4, 0.5) is 5.69 Å². The second-order valence-corrected chi connectivity index (χ2v) is 7.15. The maximum atomic E-state index is 13.3. The molecule has 0 saturated heterocycles. The average molecular weight is 370 g/mol. The third-order valence-corrected chi connectivity index (χ3v) is 5.56. The van der Waals surface area contributed by atoms with Gasteiger partial charge in [-0.25, -0.2) is 0 Å². The van der Waals surface area contributed by atoms with Crippen LogP contribution in [-0.2, 0) is 12.1 Å². The molecule has 3 aromatic rings. The molecule has 5 heteroatoms. The zero-order chi connectivity index (χ0) is 19.3. The number of para-hydroxylation sites is 1. The van der Waals surface area contributed by atoms with Crippen LogP contribution in [0.15, 0.2) is 78.9 Å². The number of hydrogen-bond donors (Lipinski definition) is 2. The van der Waals surface area contributed by atoms with Crippen LogP contribution in [0.2, 0.25) is 0 Å². The number of nitrogens with zero attached hydrogens (tertiary/aromatic N) is 1. The number of anilines is 1. The van der Waals surface area contributed by atoms with Crippen molar-refractivity contribution in [1.29, 1.82) is 0 Å². The minimum absolute atomic E-state index is 0.301. The molecule has 0 saturated carbocycles. The summed E-state index contributed by atoms with van der Waals surface area (Å²) in [5.74, 6) is -0.607. The number of amides is 2. The van der Waals surface area contributed by atoms with E-state index in [9.17, 15) is 14.7 Å². The summed E-state index contributed by atoms with van der Waals surface area (Å²) in [5, 5.41) is 15.0. The first-order valence-electron chi connectivity index (χ1n) is 9.21. The molecule has 0 aliphatic carbocycles. The molecule has 0 spiro atoms. The zero-order valence-electron chi connectivity index (χ0n) is 15.0. The molecule has 2 amide bonds. The minimum Gasteiger partial charge on any atom is -0.365 e. The van der Waals surface area contributed by atoms with E-state index in [1.165, 1.54) is 4.90 Å². The van der Waals surface area contributed by atoms with Gasteiger partial charge in [-0.2, -0.15) is 0 Å². The SMILES string of the molecule is O=C1N[C@@H](Cc2ccccc2)[C@@]2(O)c3ccccc3C(=O)N2c2ccccc21. The van der Waals surface area contributed by atoms with E-state index in [1.807, 2.05) is 30.3 Å². The smallest absolute Gasteiger partial charge is 0.261 e. The van der Waals surface area contributed by atoms with Gasteiger partial charge in [0.2, 0.25) is 0 Å². The van der Waals surface area contributed by atoms with Crippen molar-refractivity contribution < 1.29 is 14.7 Å². The van der Waals surface area contributed by atoms with Crippen molar-refractivity contribution in [3.05, 3.63) is 101 Å². The Balaban J connectivity index is 1.74. The number of hydrogen-bond acceptors (Lipinski definition) is 3. The van der Waals surface area contributed by atoms with E-state index in [2.05, 4.69) is 5.32 Å². The van der Waals surface area contributed by atoms with E-state index in [0.717, 1.165) is 5.56 Å². The fraction of sp³-hybridized carbons (Fsp3) is 0.130. The van der Waals surface area contributed by atoms with Crippen LogP contribution in [0.3, 0.4) is 0 Å². The van der Waals surface area contributed by atoms with Crippen molar-refractivity contribution in [2.45, 2.75) is 18.2 Å². The van der Waals surface area contributed by atoms with E-state index in [0.29, 0.717) is 28.8 Å². The van der Waals surface area contributed by atoms with Gasteiger partial charge in [0.1, 0.15) is 0 Å².